The SMILES string of the molecule is CCC(C)C1(CC(=O)O)CCOCC1. The van der Waals surface area contributed by atoms with E-state index in [9.17, 15) is 4.79 Å². The predicted molar refractivity (Wildman–Crippen MR) is 54.2 cm³/mol. The third kappa shape index (κ3) is 2.47. The molecule has 3 heteroatoms. The topological polar surface area (TPSA) is 46.5 Å². The van der Waals surface area contributed by atoms with Crippen molar-refractivity contribution in [2.45, 2.75) is 39.5 Å². The molecular weight excluding hydrogens is 180 g/mol. The second kappa shape index (κ2) is 4.78. The fourth-order valence-corrected chi connectivity index (χ4v) is 2.36. The zero-order chi connectivity index (χ0) is 10.6. The number of rotatable bonds is 4. The Labute approximate surface area is 85.5 Å². The van der Waals surface area contributed by atoms with E-state index in [1.165, 1.54) is 0 Å². The van der Waals surface area contributed by atoms with Crippen LogP contribution in [0.4, 0.5) is 0 Å². The van der Waals surface area contributed by atoms with Gasteiger partial charge in [-0.3, -0.25) is 4.79 Å². The number of hydrogen-bond donors (Lipinski definition) is 1. The largest absolute Gasteiger partial charge is 0.481 e. The lowest BCUT2D eigenvalue weighted by molar-refractivity contribution is -0.143. The first-order valence-corrected chi connectivity index (χ1v) is 5.40. The fraction of sp³-hybridized carbons (Fsp3) is 0.909. The molecule has 0 aliphatic carbocycles. The quantitative estimate of drug-likeness (QED) is 0.757. The number of hydrogen-bond acceptors (Lipinski definition) is 2. The molecular formula is C11H20O3. The van der Waals surface area contributed by atoms with Crippen molar-refractivity contribution in [1.29, 1.82) is 0 Å². The summed E-state index contributed by atoms with van der Waals surface area (Å²) in [7, 11) is 0. The zero-order valence-electron chi connectivity index (χ0n) is 9.08. The highest BCUT2D eigenvalue weighted by Crippen LogP contribution is 2.42. The summed E-state index contributed by atoms with van der Waals surface area (Å²) in [6, 6.07) is 0. The van der Waals surface area contributed by atoms with E-state index < -0.39 is 5.97 Å². The molecule has 1 unspecified atom stereocenters. The van der Waals surface area contributed by atoms with Gasteiger partial charge in [0.25, 0.3) is 0 Å². The van der Waals surface area contributed by atoms with Gasteiger partial charge in [0.15, 0.2) is 0 Å². The van der Waals surface area contributed by atoms with Crippen LogP contribution in [0.25, 0.3) is 0 Å². The molecule has 1 rings (SSSR count). The van der Waals surface area contributed by atoms with E-state index >= 15 is 0 Å². The number of ether oxygens (including phenoxy) is 1. The van der Waals surface area contributed by atoms with Gasteiger partial charge < -0.3 is 9.84 Å². The zero-order valence-corrected chi connectivity index (χ0v) is 9.08. The van der Waals surface area contributed by atoms with Crippen LogP contribution < -0.4 is 0 Å². The summed E-state index contributed by atoms with van der Waals surface area (Å²) in [4.78, 5) is 10.9. The Bertz CT molecular complexity index is 195. The summed E-state index contributed by atoms with van der Waals surface area (Å²) in [5.41, 5.74) is -0.0150. The van der Waals surface area contributed by atoms with Gasteiger partial charge in [-0.25, -0.2) is 0 Å². The molecule has 3 nitrogen and oxygen atoms in total. The Kier molecular flexibility index (Phi) is 3.93. The van der Waals surface area contributed by atoms with Crippen LogP contribution in [-0.4, -0.2) is 24.3 Å². The van der Waals surface area contributed by atoms with Crippen LogP contribution in [-0.2, 0) is 9.53 Å². The van der Waals surface area contributed by atoms with Crippen LogP contribution in [0.5, 0.6) is 0 Å². The Morgan fingerprint density at radius 1 is 1.50 bits per heavy atom. The van der Waals surface area contributed by atoms with Crippen molar-refractivity contribution in [2.75, 3.05) is 13.2 Å². The first-order chi connectivity index (χ1) is 6.60. The van der Waals surface area contributed by atoms with E-state index in [4.69, 9.17) is 9.84 Å². The van der Waals surface area contributed by atoms with Crippen molar-refractivity contribution in [1.82, 2.24) is 0 Å². The summed E-state index contributed by atoms with van der Waals surface area (Å²) >= 11 is 0. The first-order valence-electron chi connectivity index (χ1n) is 5.40. The van der Waals surface area contributed by atoms with Crippen LogP contribution in [0.1, 0.15) is 39.5 Å². The lowest BCUT2D eigenvalue weighted by atomic mass is 9.67. The molecule has 1 N–H and O–H groups in total. The van der Waals surface area contributed by atoms with E-state index in [-0.39, 0.29) is 5.41 Å². The maximum Gasteiger partial charge on any atom is 0.303 e. The van der Waals surface area contributed by atoms with Crippen molar-refractivity contribution < 1.29 is 14.6 Å². The molecule has 0 radical (unpaired) electrons. The summed E-state index contributed by atoms with van der Waals surface area (Å²) < 4.78 is 5.31. The predicted octanol–water partition coefficient (Wildman–Crippen LogP) is 2.30. The number of carboxylic acid groups (broad SMARTS) is 1. The molecule has 1 saturated heterocycles. The second-order valence-corrected chi connectivity index (χ2v) is 4.35. The summed E-state index contributed by atoms with van der Waals surface area (Å²) in [5, 5.41) is 8.93. The number of carbonyl (C=O) groups is 1. The normalized spacial score (nSPS) is 23.0. The van der Waals surface area contributed by atoms with E-state index in [1.54, 1.807) is 0 Å². The molecule has 1 heterocycles. The minimum absolute atomic E-state index is 0.0150. The third-order valence-electron chi connectivity index (χ3n) is 3.65. The lowest BCUT2D eigenvalue weighted by Crippen LogP contribution is -2.37. The van der Waals surface area contributed by atoms with Gasteiger partial charge in [-0.1, -0.05) is 20.3 Å². The molecule has 1 aliphatic heterocycles. The molecule has 0 aromatic carbocycles. The van der Waals surface area contributed by atoms with Crippen LogP contribution >= 0.6 is 0 Å². The van der Waals surface area contributed by atoms with Crippen molar-refractivity contribution in [3.63, 3.8) is 0 Å². The second-order valence-electron chi connectivity index (χ2n) is 4.35. The van der Waals surface area contributed by atoms with Crippen molar-refractivity contribution in [3.8, 4) is 0 Å². The smallest absolute Gasteiger partial charge is 0.303 e. The summed E-state index contributed by atoms with van der Waals surface area (Å²) in [6.07, 6.45) is 3.14. The van der Waals surface area contributed by atoms with Gasteiger partial charge >= 0.3 is 5.97 Å². The maximum absolute atomic E-state index is 10.9. The van der Waals surface area contributed by atoms with Gasteiger partial charge in [-0.2, -0.15) is 0 Å². The van der Waals surface area contributed by atoms with Crippen molar-refractivity contribution in [2.24, 2.45) is 11.3 Å². The van der Waals surface area contributed by atoms with Crippen molar-refractivity contribution in [3.05, 3.63) is 0 Å². The molecule has 1 fully saturated rings. The molecule has 0 amide bonds. The fourth-order valence-electron chi connectivity index (χ4n) is 2.36. The monoisotopic (exact) mass is 200 g/mol. The standard InChI is InChI=1S/C11H20O3/c1-3-9(2)11(8-10(12)13)4-6-14-7-5-11/h9H,3-8H2,1-2H3,(H,12,13). The average Bonchev–Trinajstić information content (AvgIpc) is 2.17. The summed E-state index contributed by atoms with van der Waals surface area (Å²) in [6.45, 7) is 5.73. The number of carboxylic acids is 1. The Balaban J connectivity index is 2.71. The average molecular weight is 200 g/mol. The maximum atomic E-state index is 10.9. The first kappa shape index (κ1) is 11.5. The molecule has 14 heavy (non-hydrogen) atoms. The highest BCUT2D eigenvalue weighted by Gasteiger charge is 2.38. The molecule has 0 aromatic rings. The molecule has 82 valence electrons. The molecule has 0 spiro atoms. The highest BCUT2D eigenvalue weighted by atomic mass is 16.5. The molecule has 0 aromatic heterocycles. The van der Waals surface area contributed by atoms with Gasteiger partial charge in [0, 0.05) is 13.2 Å². The Morgan fingerprint density at radius 3 is 2.50 bits per heavy atom. The summed E-state index contributed by atoms with van der Waals surface area (Å²) in [5.74, 6) is -0.199. The van der Waals surface area contributed by atoms with Gasteiger partial charge in [0.05, 0.1) is 6.42 Å². The van der Waals surface area contributed by atoms with Gasteiger partial charge in [-0.05, 0) is 24.2 Å². The third-order valence-corrected chi connectivity index (χ3v) is 3.65. The van der Waals surface area contributed by atoms with E-state index in [2.05, 4.69) is 13.8 Å². The van der Waals surface area contributed by atoms with Gasteiger partial charge in [-0.15, -0.1) is 0 Å². The van der Waals surface area contributed by atoms with E-state index in [0.29, 0.717) is 12.3 Å². The van der Waals surface area contributed by atoms with E-state index in [0.717, 1.165) is 32.5 Å². The molecule has 1 aliphatic rings. The molecule has 0 bridgehead atoms. The lowest BCUT2D eigenvalue weighted by Gasteiger charge is -2.40. The Morgan fingerprint density at radius 2 is 2.07 bits per heavy atom. The van der Waals surface area contributed by atoms with Gasteiger partial charge in [0.1, 0.15) is 0 Å². The van der Waals surface area contributed by atoms with Crippen molar-refractivity contribution >= 4 is 5.97 Å². The minimum atomic E-state index is -0.674. The van der Waals surface area contributed by atoms with Crippen LogP contribution in [0.15, 0.2) is 0 Å². The van der Waals surface area contributed by atoms with E-state index in [1.807, 2.05) is 0 Å². The van der Waals surface area contributed by atoms with Crippen LogP contribution in [0.3, 0.4) is 0 Å². The van der Waals surface area contributed by atoms with Gasteiger partial charge in [0.2, 0.25) is 0 Å². The highest BCUT2D eigenvalue weighted by molar-refractivity contribution is 5.67. The molecule has 1 atom stereocenters. The Hall–Kier alpha value is -0.570. The van der Waals surface area contributed by atoms with Crippen LogP contribution in [0, 0.1) is 11.3 Å². The molecule has 0 saturated carbocycles. The minimum Gasteiger partial charge on any atom is -0.481 e. The number of aliphatic carboxylic acids is 1. The van der Waals surface area contributed by atoms with Crippen LogP contribution in [0.2, 0.25) is 0 Å².